The molecular formula is C13H19ClO. The van der Waals surface area contributed by atoms with Crippen molar-refractivity contribution in [3.05, 3.63) is 29.8 Å². The summed E-state index contributed by atoms with van der Waals surface area (Å²) in [6.45, 7) is 6.59. The first-order valence-electron chi connectivity index (χ1n) is 5.27. The van der Waals surface area contributed by atoms with Crippen molar-refractivity contribution in [3.8, 4) is 5.75 Å². The van der Waals surface area contributed by atoms with E-state index in [2.05, 4.69) is 20.8 Å². The molecular weight excluding hydrogens is 208 g/mol. The van der Waals surface area contributed by atoms with E-state index in [9.17, 15) is 5.11 Å². The first-order chi connectivity index (χ1) is 6.93. The van der Waals surface area contributed by atoms with Crippen LogP contribution in [0.25, 0.3) is 0 Å². The minimum Gasteiger partial charge on any atom is -0.508 e. The molecule has 1 unspecified atom stereocenters. The number of rotatable bonds is 3. The Bertz CT molecular complexity index is 315. The zero-order valence-corrected chi connectivity index (χ0v) is 10.4. The quantitative estimate of drug-likeness (QED) is 0.777. The van der Waals surface area contributed by atoms with Gasteiger partial charge in [0.2, 0.25) is 0 Å². The monoisotopic (exact) mass is 226 g/mol. The molecule has 0 aliphatic rings. The molecule has 0 fully saturated rings. The van der Waals surface area contributed by atoms with Gasteiger partial charge >= 0.3 is 0 Å². The molecule has 2 heteroatoms. The highest BCUT2D eigenvalue weighted by atomic mass is 35.5. The average Bonchev–Trinajstić information content (AvgIpc) is 2.12. The van der Waals surface area contributed by atoms with Gasteiger partial charge in [0.15, 0.2) is 0 Å². The standard InChI is InChI=1S/C13H19ClO/c1-13(2,3)11(9-14)7-10-5-4-6-12(15)8-10/h4-6,8,11,15H,7,9H2,1-3H3. The summed E-state index contributed by atoms with van der Waals surface area (Å²) >= 11 is 5.98. The summed E-state index contributed by atoms with van der Waals surface area (Å²) in [4.78, 5) is 0. The largest absolute Gasteiger partial charge is 0.508 e. The van der Waals surface area contributed by atoms with Gasteiger partial charge < -0.3 is 5.11 Å². The summed E-state index contributed by atoms with van der Waals surface area (Å²) in [6.07, 6.45) is 0.918. The Morgan fingerprint density at radius 2 is 2.00 bits per heavy atom. The normalized spacial score (nSPS) is 13.9. The molecule has 1 aromatic carbocycles. The molecule has 0 spiro atoms. The van der Waals surface area contributed by atoms with Crippen LogP contribution in [0.1, 0.15) is 26.3 Å². The van der Waals surface area contributed by atoms with Crippen LogP contribution < -0.4 is 0 Å². The molecule has 15 heavy (non-hydrogen) atoms. The molecule has 0 saturated carbocycles. The maximum Gasteiger partial charge on any atom is 0.115 e. The molecule has 84 valence electrons. The third kappa shape index (κ3) is 3.75. The van der Waals surface area contributed by atoms with Crippen molar-refractivity contribution in [1.29, 1.82) is 0 Å². The van der Waals surface area contributed by atoms with Crippen molar-refractivity contribution in [1.82, 2.24) is 0 Å². The molecule has 1 atom stereocenters. The van der Waals surface area contributed by atoms with Crippen molar-refractivity contribution in [3.63, 3.8) is 0 Å². The van der Waals surface area contributed by atoms with E-state index >= 15 is 0 Å². The van der Waals surface area contributed by atoms with Gasteiger partial charge in [0.25, 0.3) is 0 Å². The molecule has 1 rings (SSSR count). The van der Waals surface area contributed by atoms with E-state index < -0.39 is 0 Å². The molecule has 0 aliphatic carbocycles. The Kier molecular flexibility index (Phi) is 4.04. The van der Waals surface area contributed by atoms with Crippen LogP contribution in [0.2, 0.25) is 0 Å². The molecule has 1 aromatic rings. The van der Waals surface area contributed by atoms with Gasteiger partial charge in [-0.25, -0.2) is 0 Å². The Balaban J connectivity index is 2.76. The minimum atomic E-state index is 0.202. The lowest BCUT2D eigenvalue weighted by Crippen LogP contribution is -2.24. The molecule has 0 aromatic heterocycles. The fraction of sp³-hybridized carbons (Fsp3) is 0.538. The summed E-state index contributed by atoms with van der Waals surface area (Å²) in [5.74, 6) is 1.41. The van der Waals surface area contributed by atoms with Crippen molar-refractivity contribution < 1.29 is 5.11 Å². The number of alkyl halides is 1. The lowest BCUT2D eigenvalue weighted by Gasteiger charge is -2.29. The van der Waals surface area contributed by atoms with E-state index in [1.54, 1.807) is 6.07 Å². The molecule has 0 amide bonds. The Morgan fingerprint density at radius 3 is 2.47 bits per heavy atom. The van der Waals surface area contributed by atoms with Crippen LogP contribution in [0.3, 0.4) is 0 Å². The van der Waals surface area contributed by atoms with E-state index in [1.807, 2.05) is 18.2 Å². The zero-order valence-electron chi connectivity index (χ0n) is 9.63. The van der Waals surface area contributed by atoms with Crippen LogP contribution in [0, 0.1) is 11.3 Å². The smallest absolute Gasteiger partial charge is 0.115 e. The van der Waals surface area contributed by atoms with E-state index in [1.165, 1.54) is 0 Å². The van der Waals surface area contributed by atoms with Crippen LogP contribution in [-0.2, 0) is 6.42 Å². The van der Waals surface area contributed by atoms with Gasteiger partial charge in [0, 0.05) is 5.88 Å². The topological polar surface area (TPSA) is 20.2 Å². The third-order valence-corrected chi connectivity index (χ3v) is 3.18. The van der Waals surface area contributed by atoms with Crippen molar-refractivity contribution in [2.75, 3.05) is 5.88 Å². The molecule has 0 bridgehead atoms. The van der Waals surface area contributed by atoms with Gasteiger partial charge in [-0.2, -0.15) is 0 Å². The number of aromatic hydroxyl groups is 1. The van der Waals surface area contributed by atoms with E-state index in [0.717, 1.165) is 12.0 Å². The van der Waals surface area contributed by atoms with Gasteiger partial charge in [0.1, 0.15) is 5.75 Å². The lowest BCUT2D eigenvalue weighted by atomic mass is 9.78. The summed E-state index contributed by atoms with van der Waals surface area (Å²) in [5, 5.41) is 9.37. The second-order valence-corrected chi connectivity index (χ2v) is 5.40. The maximum absolute atomic E-state index is 9.37. The van der Waals surface area contributed by atoms with Crippen molar-refractivity contribution >= 4 is 11.6 Å². The number of benzene rings is 1. The van der Waals surface area contributed by atoms with Crippen LogP contribution in [-0.4, -0.2) is 11.0 Å². The summed E-state index contributed by atoms with van der Waals surface area (Å²) in [5.41, 5.74) is 1.35. The maximum atomic E-state index is 9.37. The Morgan fingerprint density at radius 1 is 1.33 bits per heavy atom. The number of phenols is 1. The van der Waals surface area contributed by atoms with E-state index in [0.29, 0.717) is 17.5 Å². The molecule has 0 saturated heterocycles. The highest BCUT2D eigenvalue weighted by Crippen LogP contribution is 2.30. The highest BCUT2D eigenvalue weighted by molar-refractivity contribution is 6.18. The predicted octanol–water partition coefficient (Wildman–Crippen LogP) is 3.84. The highest BCUT2D eigenvalue weighted by Gasteiger charge is 2.23. The summed E-state index contributed by atoms with van der Waals surface area (Å²) < 4.78 is 0. The SMILES string of the molecule is CC(C)(C)C(CCl)Cc1cccc(O)c1. The molecule has 0 aliphatic heterocycles. The Labute approximate surface area is 97.1 Å². The van der Waals surface area contributed by atoms with Crippen LogP contribution in [0.4, 0.5) is 0 Å². The fourth-order valence-electron chi connectivity index (χ4n) is 1.56. The second kappa shape index (κ2) is 4.89. The lowest BCUT2D eigenvalue weighted by molar-refractivity contribution is 0.263. The number of phenolic OH excluding ortho intramolecular Hbond substituents is 1. The van der Waals surface area contributed by atoms with E-state index in [4.69, 9.17) is 11.6 Å². The summed E-state index contributed by atoms with van der Waals surface area (Å²) in [6, 6.07) is 7.41. The number of hydrogen-bond acceptors (Lipinski definition) is 1. The number of hydrogen-bond donors (Lipinski definition) is 1. The summed E-state index contributed by atoms with van der Waals surface area (Å²) in [7, 11) is 0. The van der Waals surface area contributed by atoms with Crippen LogP contribution in [0.15, 0.2) is 24.3 Å². The Hall–Kier alpha value is -0.690. The van der Waals surface area contributed by atoms with Crippen molar-refractivity contribution in [2.24, 2.45) is 11.3 Å². The van der Waals surface area contributed by atoms with Crippen LogP contribution >= 0.6 is 11.6 Å². The van der Waals surface area contributed by atoms with Gasteiger partial charge in [-0.15, -0.1) is 11.6 Å². The first kappa shape index (κ1) is 12.4. The second-order valence-electron chi connectivity index (χ2n) is 5.09. The van der Waals surface area contributed by atoms with Crippen LogP contribution in [0.5, 0.6) is 5.75 Å². The molecule has 1 nitrogen and oxygen atoms in total. The van der Waals surface area contributed by atoms with Gasteiger partial charge in [-0.05, 0) is 35.4 Å². The molecule has 0 heterocycles. The predicted molar refractivity (Wildman–Crippen MR) is 65.5 cm³/mol. The first-order valence-corrected chi connectivity index (χ1v) is 5.81. The molecule has 1 N–H and O–H groups in total. The minimum absolute atomic E-state index is 0.202. The zero-order chi connectivity index (χ0) is 11.5. The van der Waals surface area contributed by atoms with Gasteiger partial charge in [0.05, 0.1) is 0 Å². The number of halogens is 1. The average molecular weight is 227 g/mol. The van der Waals surface area contributed by atoms with E-state index in [-0.39, 0.29) is 5.41 Å². The van der Waals surface area contributed by atoms with Crippen molar-refractivity contribution in [2.45, 2.75) is 27.2 Å². The third-order valence-electron chi connectivity index (χ3n) is 2.80. The van der Waals surface area contributed by atoms with Gasteiger partial charge in [-0.1, -0.05) is 32.9 Å². The van der Waals surface area contributed by atoms with Gasteiger partial charge in [-0.3, -0.25) is 0 Å². The fourth-order valence-corrected chi connectivity index (χ4v) is 2.13. The molecule has 0 radical (unpaired) electrons.